The van der Waals surface area contributed by atoms with Gasteiger partial charge in [-0.1, -0.05) is 11.6 Å². The molecule has 5 heteroatoms. The lowest BCUT2D eigenvalue weighted by atomic mass is 10.2. The van der Waals surface area contributed by atoms with Crippen molar-refractivity contribution >= 4 is 39.5 Å². The van der Waals surface area contributed by atoms with Crippen molar-refractivity contribution in [2.24, 2.45) is 0 Å². The van der Waals surface area contributed by atoms with Gasteiger partial charge in [0.15, 0.2) is 0 Å². The fraction of sp³-hybridized carbons (Fsp3) is 0. The van der Waals surface area contributed by atoms with E-state index in [1.54, 1.807) is 12.1 Å². The number of carbonyl (C=O) groups is 1. The average Bonchev–Trinajstić information content (AvgIpc) is 2.75. The molecule has 2 aromatic heterocycles. The predicted molar refractivity (Wildman–Crippen MR) is 62.1 cm³/mol. The monoisotopic (exact) mass is 234 g/mol. The molecule has 0 aliphatic heterocycles. The van der Waals surface area contributed by atoms with Crippen molar-refractivity contribution in [1.29, 1.82) is 0 Å². The van der Waals surface area contributed by atoms with Crippen molar-refractivity contribution in [2.75, 3.05) is 0 Å². The van der Waals surface area contributed by atoms with Gasteiger partial charge in [-0.15, -0.1) is 0 Å². The highest BCUT2D eigenvalue weighted by Gasteiger charge is 2.11. The van der Waals surface area contributed by atoms with E-state index in [0.717, 1.165) is 16.3 Å². The molecule has 80 valence electrons. The van der Waals surface area contributed by atoms with E-state index in [1.807, 2.05) is 12.1 Å². The summed E-state index contributed by atoms with van der Waals surface area (Å²) in [5.74, 6) is -0.972. The number of nitrogens with one attached hydrogen (secondary N) is 2. The SMILES string of the molecule is O=C(O)c1cc2c([nH]1)[nH]c1ccc(Cl)cc12. The van der Waals surface area contributed by atoms with Crippen LogP contribution in [0.3, 0.4) is 0 Å². The van der Waals surface area contributed by atoms with Crippen molar-refractivity contribution in [1.82, 2.24) is 9.97 Å². The first-order chi connectivity index (χ1) is 7.65. The van der Waals surface area contributed by atoms with E-state index < -0.39 is 5.97 Å². The molecular formula is C11H7ClN2O2. The topological polar surface area (TPSA) is 68.9 Å². The Morgan fingerprint density at radius 1 is 1.19 bits per heavy atom. The normalized spacial score (nSPS) is 11.3. The van der Waals surface area contributed by atoms with Gasteiger partial charge < -0.3 is 15.1 Å². The smallest absolute Gasteiger partial charge is 0.352 e. The molecule has 0 bridgehead atoms. The molecule has 0 fully saturated rings. The minimum absolute atomic E-state index is 0.170. The Kier molecular flexibility index (Phi) is 1.76. The van der Waals surface area contributed by atoms with Crippen LogP contribution in [-0.2, 0) is 0 Å². The summed E-state index contributed by atoms with van der Waals surface area (Å²) in [5, 5.41) is 11.3. The van der Waals surface area contributed by atoms with Gasteiger partial charge in [0.2, 0.25) is 0 Å². The number of hydrogen-bond donors (Lipinski definition) is 3. The van der Waals surface area contributed by atoms with Crippen molar-refractivity contribution in [3.05, 3.63) is 35.0 Å². The number of hydrogen-bond acceptors (Lipinski definition) is 1. The Balaban J connectivity index is 2.40. The first-order valence-electron chi connectivity index (χ1n) is 4.68. The van der Waals surface area contributed by atoms with Gasteiger partial charge >= 0.3 is 5.97 Å². The first-order valence-corrected chi connectivity index (χ1v) is 5.06. The third-order valence-electron chi connectivity index (χ3n) is 2.58. The molecule has 2 heterocycles. The van der Waals surface area contributed by atoms with E-state index in [0.29, 0.717) is 10.7 Å². The molecule has 1 aromatic carbocycles. The van der Waals surface area contributed by atoms with Crippen LogP contribution in [0, 0.1) is 0 Å². The molecule has 0 spiro atoms. The van der Waals surface area contributed by atoms with Gasteiger partial charge in [-0.2, -0.15) is 0 Å². The zero-order valence-corrected chi connectivity index (χ0v) is 8.80. The molecule has 0 atom stereocenters. The van der Waals surface area contributed by atoms with Crippen LogP contribution in [0.15, 0.2) is 24.3 Å². The van der Waals surface area contributed by atoms with Gasteiger partial charge in [0.05, 0.1) is 0 Å². The standard InChI is InChI=1S/C11H7ClN2O2/c12-5-1-2-8-6(3-5)7-4-9(11(15)16)14-10(7)13-8/h1-4,13-14H,(H,15,16). The van der Waals surface area contributed by atoms with Crippen LogP contribution in [0.1, 0.15) is 10.5 Å². The molecule has 3 rings (SSSR count). The summed E-state index contributed by atoms with van der Waals surface area (Å²) in [6, 6.07) is 7.07. The van der Waals surface area contributed by atoms with Gasteiger partial charge in [-0.05, 0) is 24.3 Å². The highest BCUT2D eigenvalue weighted by atomic mass is 35.5. The molecule has 4 nitrogen and oxygen atoms in total. The molecule has 0 radical (unpaired) electrons. The second-order valence-corrected chi connectivity index (χ2v) is 4.03. The lowest BCUT2D eigenvalue weighted by Gasteiger charge is -1.91. The first kappa shape index (κ1) is 9.30. The predicted octanol–water partition coefficient (Wildman–Crippen LogP) is 3.00. The summed E-state index contributed by atoms with van der Waals surface area (Å²) in [6.07, 6.45) is 0. The number of rotatable bonds is 1. The minimum Gasteiger partial charge on any atom is -0.477 e. The summed E-state index contributed by atoms with van der Waals surface area (Å²) in [4.78, 5) is 16.7. The second-order valence-electron chi connectivity index (χ2n) is 3.59. The number of benzene rings is 1. The maximum Gasteiger partial charge on any atom is 0.352 e. The number of aromatic amines is 2. The van der Waals surface area contributed by atoms with Crippen molar-refractivity contribution in [3.8, 4) is 0 Å². The van der Waals surface area contributed by atoms with Gasteiger partial charge in [-0.25, -0.2) is 4.79 Å². The van der Waals surface area contributed by atoms with Crippen LogP contribution >= 0.6 is 11.6 Å². The second kappa shape index (κ2) is 3.02. The van der Waals surface area contributed by atoms with Gasteiger partial charge in [0, 0.05) is 21.3 Å². The van der Waals surface area contributed by atoms with E-state index in [2.05, 4.69) is 9.97 Å². The van der Waals surface area contributed by atoms with Gasteiger partial charge in [0.25, 0.3) is 0 Å². The fourth-order valence-corrected chi connectivity index (χ4v) is 2.04. The number of halogens is 1. The molecule has 0 aliphatic rings. The Labute approximate surface area is 94.8 Å². The van der Waals surface area contributed by atoms with E-state index in [1.165, 1.54) is 0 Å². The lowest BCUT2D eigenvalue weighted by molar-refractivity contribution is 0.0691. The maximum absolute atomic E-state index is 10.8. The molecular weight excluding hydrogens is 228 g/mol. The van der Waals surface area contributed by atoms with Crippen LogP contribution in [0.5, 0.6) is 0 Å². The lowest BCUT2D eigenvalue weighted by Crippen LogP contribution is -1.95. The van der Waals surface area contributed by atoms with Crippen LogP contribution in [0.2, 0.25) is 5.02 Å². The molecule has 0 saturated heterocycles. The number of carboxylic acids is 1. The molecule has 0 amide bonds. The largest absolute Gasteiger partial charge is 0.477 e. The Morgan fingerprint density at radius 3 is 2.75 bits per heavy atom. The van der Waals surface area contributed by atoms with Crippen molar-refractivity contribution in [2.45, 2.75) is 0 Å². The number of fused-ring (bicyclic) bond motifs is 3. The summed E-state index contributed by atoms with van der Waals surface area (Å²) in [7, 11) is 0. The number of aromatic carboxylic acids is 1. The maximum atomic E-state index is 10.8. The average molecular weight is 235 g/mol. The molecule has 16 heavy (non-hydrogen) atoms. The van der Waals surface area contributed by atoms with Gasteiger partial charge in [0.1, 0.15) is 11.3 Å². The number of aromatic nitrogens is 2. The quantitative estimate of drug-likeness (QED) is 0.606. The summed E-state index contributed by atoms with van der Waals surface area (Å²) in [5.41, 5.74) is 1.81. The minimum atomic E-state index is -0.972. The molecule has 0 aliphatic carbocycles. The van der Waals surface area contributed by atoms with E-state index in [4.69, 9.17) is 16.7 Å². The summed E-state index contributed by atoms with van der Waals surface area (Å²) in [6.45, 7) is 0. The van der Waals surface area contributed by atoms with E-state index in [9.17, 15) is 4.79 Å². The van der Waals surface area contributed by atoms with Crippen LogP contribution in [0.4, 0.5) is 0 Å². The van der Waals surface area contributed by atoms with Crippen LogP contribution < -0.4 is 0 Å². The zero-order valence-electron chi connectivity index (χ0n) is 8.04. The van der Waals surface area contributed by atoms with Crippen LogP contribution in [0.25, 0.3) is 21.9 Å². The Morgan fingerprint density at radius 2 is 2.00 bits per heavy atom. The van der Waals surface area contributed by atoms with E-state index in [-0.39, 0.29) is 5.69 Å². The summed E-state index contributed by atoms with van der Waals surface area (Å²) >= 11 is 5.90. The molecule has 3 aromatic rings. The number of H-pyrrole nitrogens is 2. The number of carboxylic acid groups (broad SMARTS) is 1. The Bertz CT molecular complexity index is 711. The molecule has 0 unspecified atom stereocenters. The zero-order chi connectivity index (χ0) is 11.3. The summed E-state index contributed by atoms with van der Waals surface area (Å²) < 4.78 is 0. The van der Waals surface area contributed by atoms with E-state index >= 15 is 0 Å². The van der Waals surface area contributed by atoms with Crippen molar-refractivity contribution < 1.29 is 9.90 Å². The fourth-order valence-electron chi connectivity index (χ4n) is 1.86. The molecule has 0 saturated carbocycles. The van der Waals surface area contributed by atoms with Crippen molar-refractivity contribution in [3.63, 3.8) is 0 Å². The van der Waals surface area contributed by atoms with Gasteiger partial charge in [-0.3, -0.25) is 0 Å². The highest BCUT2D eigenvalue weighted by Crippen LogP contribution is 2.28. The van der Waals surface area contributed by atoms with Crippen LogP contribution in [-0.4, -0.2) is 21.0 Å². The molecule has 3 N–H and O–H groups in total. The Hall–Kier alpha value is -1.94. The third-order valence-corrected chi connectivity index (χ3v) is 2.81. The highest BCUT2D eigenvalue weighted by molar-refractivity contribution is 6.31. The third kappa shape index (κ3) is 1.20.